The minimum Gasteiger partial charge on any atom is -0.357 e. The van der Waals surface area contributed by atoms with Crippen LogP contribution in [-0.2, 0) is 0 Å². The Morgan fingerprint density at radius 3 is 2.53 bits per heavy atom. The van der Waals surface area contributed by atoms with E-state index >= 15 is 0 Å². The summed E-state index contributed by atoms with van der Waals surface area (Å²) in [5.41, 5.74) is 1.06. The molecule has 0 radical (unpaired) electrons. The zero-order chi connectivity index (χ0) is 14.2. The molecule has 2 rings (SSSR count). The molecule has 1 aromatic carbocycles. The van der Waals surface area contributed by atoms with Gasteiger partial charge in [0, 0.05) is 18.5 Å². The molecule has 0 atom stereocenters. The number of nitrogens with zero attached hydrogens (tertiary/aromatic N) is 3. The van der Waals surface area contributed by atoms with Gasteiger partial charge < -0.3 is 4.90 Å². The third-order valence-electron chi connectivity index (χ3n) is 3.07. The number of anilines is 1. The highest BCUT2D eigenvalue weighted by molar-refractivity contribution is 9.10. The van der Waals surface area contributed by atoms with E-state index in [4.69, 9.17) is 11.6 Å². The molecule has 0 saturated heterocycles. The first-order chi connectivity index (χ1) is 8.99. The normalized spacial score (nSPS) is 11.1. The number of aryl methyl sites for hydroxylation is 1. The number of rotatable bonds is 3. The van der Waals surface area contributed by atoms with Crippen molar-refractivity contribution in [2.45, 2.75) is 20.8 Å². The van der Waals surface area contributed by atoms with Crippen LogP contribution in [0.2, 0.25) is 5.28 Å². The molecule has 0 saturated carbocycles. The van der Waals surface area contributed by atoms with Crippen LogP contribution in [0.4, 0.5) is 10.2 Å². The lowest BCUT2D eigenvalue weighted by molar-refractivity contribution is 0.628. The highest BCUT2D eigenvalue weighted by Gasteiger charge is 2.17. The quantitative estimate of drug-likeness (QED) is 0.774. The van der Waals surface area contributed by atoms with Gasteiger partial charge in [0.15, 0.2) is 5.82 Å². The molecule has 0 aliphatic heterocycles. The third-order valence-corrected chi connectivity index (χ3v) is 4.21. The molecule has 19 heavy (non-hydrogen) atoms. The summed E-state index contributed by atoms with van der Waals surface area (Å²) in [5, 5.41) is 0.746. The van der Waals surface area contributed by atoms with Crippen molar-refractivity contribution in [1.29, 1.82) is 0 Å². The van der Waals surface area contributed by atoms with Crippen molar-refractivity contribution in [1.82, 2.24) is 9.97 Å². The van der Waals surface area contributed by atoms with Gasteiger partial charge in [-0.25, -0.2) is 9.37 Å². The van der Waals surface area contributed by atoms with Crippen molar-refractivity contribution in [3.8, 4) is 0 Å². The molecule has 3 nitrogen and oxygen atoms in total. The van der Waals surface area contributed by atoms with Gasteiger partial charge in [-0.15, -0.1) is 0 Å². The Morgan fingerprint density at radius 1 is 1.32 bits per heavy atom. The Morgan fingerprint density at radius 2 is 1.95 bits per heavy atom. The molecule has 0 aliphatic rings. The first-order valence-corrected chi connectivity index (χ1v) is 7.23. The summed E-state index contributed by atoms with van der Waals surface area (Å²) in [6, 6.07) is 1.88. The SMILES string of the molecule is CCN(CC)c1nc(Cl)nc2c(F)c(Br)c(C)cc12. The van der Waals surface area contributed by atoms with Crippen molar-refractivity contribution in [3.05, 3.63) is 27.2 Å². The zero-order valence-corrected chi connectivity index (χ0v) is 13.3. The first-order valence-electron chi connectivity index (χ1n) is 6.06. The van der Waals surface area contributed by atoms with Crippen LogP contribution in [0.5, 0.6) is 0 Å². The number of fused-ring (bicyclic) bond motifs is 1. The molecule has 0 spiro atoms. The lowest BCUT2D eigenvalue weighted by atomic mass is 10.1. The summed E-state index contributed by atoms with van der Waals surface area (Å²) >= 11 is 9.14. The number of hydrogen-bond donors (Lipinski definition) is 0. The number of aromatic nitrogens is 2. The van der Waals surface area contributed by atoms with Crippen LogP contribution in [0, 0.1) is 12.7 Å². The van der Waals surface area contributed by atoms with Crippen LogP contribution >= 0.6 is 27.5 Å². The molecule has 0 bridgehead atoms. The predicted molar refractivity (Wildman–Crippen MR) is 80.5 cm³/mol. The summed E-state index contributed by atoms with van der Waals surface area (Å²) in [6.07, 6.45) is 0. The lowest BCUT2D eigenvalue weighted by Gasteiger charge is -2.22. The van der Waals surface area contributed by atoms with Crippen LogP contribution in [-0.4, -0.2) is 23.1 Å². The molecule has 0 N–H and O–H groups in total. The monoisotopic (exact) mass is 345 g/mol. The van der Waals surface area contributed by atoms with Crippen molar-refractivity contribution >= 4 is 44.3 Å². The molecular formula is C13H14BrClFN3. The van der Waals surface area contributed by atoms with Crippen LogP contribution in [0.15, 0.2) is 10.5 Å². The van der Waals surface area contributed by atoms with Crippen LogP contribution in [0.25, 0.3) is 10.9 Å². The second kappa shape index (κ2) is 5.59. The fourth-order valence-electron chi connectivity index (χ4n) is 2.05. The van der Waals surface area contributed by atoms with Gasteiger partial charge in [0.05, 0.1) is 4.47 Å². The molecule has 1 aromatic heterocycles. The largest absolute Gasteiger partial charge is 0.357 e. The Labute approximate surface area is 124 Å². The van der Waals surface area contributed by atoms with Crippen molar-refractivity contribution < 1.29 is 4.39 Å². The maximum absolute atomic E-state index is 14.3. The second-order valence-corrected chi connectivity index (χ2v) is 5.34. The average Bonchev–Trinajstić information content (AvgIpc) is 2.39. The number of benzene rings is 1. The molecular weight excluding hydrogens is 333 g/mol. The van der Waals surface area contributed by atoms with Crippen LogP contribution < -0.4 is 4.90 Å². The van der Waals surface area contributed by atoms with E-state index in [2.05, 4.69) is 25.9 Å². The number of halogens is 3. The van der Waals surface area contributed by atoms with Gasteiger partial charge in [-0.05, 0) is 59.9 Å². The predicted octanol–water partition coefficient (Wildman–Crippen LogP) is 4.34. The lowest BCUT2D eigenvalue weighted by Crippen LogP contribution is -2.23. The third kappa shape index (κ3) is 2.54. The van der Waals surface area contributed by atoms with E-state index < -0.39 is 5.82 Å². The maximum Gasteiger partial charge on any atom is 0.225 e. The minimum atomic E-state index is -0.396. The van der Waals surface area contributed by atoms with E-state index in [0.717, 1.165) is 18.7 Å². The Hall–Kier alpha value is -0.940. The summed E-state index contributed by atoms with van der Waals surface area (Å²) in [5.74, 6) is 0.280. The summed E-state index contributed by atoms with van der Waals surface area (Å²) in [6.45, 7) is 7.43. The molecule has 2 aromatic rings. The molecule has 0 fully saturated rings. The van der Waals surface area contributed by atoms with Crippen LogP contribution in [0.1, 0.15) is 19.4 Å². The highest BCUT2D eigenvalue weighted by atomic mass is 79.9. The van der Waals surface area contributed by atoms with Gasteiger partial charge >= 0.3 is 0 Å². The molecule has 102 valence electrons. The van der Waals surface area contributed by atoms with Gasteiger partial charge in [-0.3, -0.25) is 0 Å². The van der Waals surface area contributed by atoms with Crippen molar-refractivity contribution in [3.63, 3.8) is 0 Å². The fourth-order valence-corrected chi connectivity index (χ4v) is 2.52. The van der Waals surface area contributed by atoms with Gasteiger partial charge in [-0.1, -0.05) is 0 Å². The highest BCUT2D eigenvalue weighted by Crippen LogP contribution is 2.32. The summed E-state index contributed by atoms with van der Waals surface area (Å²) < 4.78 is 14.7. The van der Waals surface area contributed by atoms with Gasteiger partial charge in [0.25, 0.3) is 0 Å². The first kappa shape index (κ1) is 14.5. The van der Waals surface area contributed by atoms with Crippen molar-refractivity contribution in [2.24, 2.45) is 0 Å². The zero-order valence-electron chi connectivity index (χ0n) is 11.0. The van der Waals surface area contributed by atoms with E-state index in [1.807, 2.05) is 31.7 Å². The van der Waals surface area contributed by atoms with E-state index in [1.54, 1.807) is 0 Å². The summed E-state index contributed by atoms with van der Waals surface area (Å²) in [4.78, 5) is 10.3. The fraction of sp³-hybridized carbons (Fsp3) is 0.385. The van der Waals surface area contributed by atoms with Gasteiger partial charge in [0.2, 0.25) is 5.28 Å². The summed E-state index contributed by atoms with van der Waals surface area (Å²) in [7, 11) is 0. The Bertz CT molecular complexity index is 629. The molecule has 1 heterocycles. The van der Waals surface area contributed by atoms with Gasteiger partial charge in [-0.2, -0.15) is 4.98 Å². The van der Waals surface area contributed by atoms with E-state index in [0.29, 0.717) is 15.7 Å². The second-order valence-electron chi connectivity index (χ2n) is 4.21. The smallest absolute Gasteiger partial charge is 0.225 e. The van der Waals surface area contributed by atoms with Crippen LogP contribution in [0.3, 0.4) is 0 Å². The van der Waals surface area contributed by atoms with Gasteiger partial charge in [0.1, 0.15) is 11.3 Å². The Kier molecular flexibility index (Phi) is 4.26. The molecule has 0 amide bonds. The van der Waals surface area contributed by atoms with E-state index in [1.165, 1.54) is 0 Å². The minimum absolute atomic E-state index is 0.0593. The van der Waals surface area contributed by atoms with E-state index in [-0.39, 0.29) is 10.8 Å². The molecule has 0 unspecified atom stereocenters. The standard InChI is InChI=1S/C13H14BrClFN3/c1-4-19(5-2)12-8-6-7(3)9(14)10(16)11(8)17-13(15)18-12/h6H,4-5H2,1-3H3. The molecule has 6 heteroatoms. The number of hydrogen-bond acceptors (Lipinski definition) is 3. The maximum atomic E-state index is 14.3. The molecule has 0 aliphatic carbocycles. The topological polar surface area (TPSA) is 29.0 Å². The van der Waals surface area contributed by atoms with E-state index in [9.17, 15) is 4.39 Å². The van der Waals surface area contributed by atoms with Crippen molar-refractivity contribution in [2.75, 3.05) is 18.0 Å². The average molecular weight is 347 g/mol. The Balaban J connectivity index is 2.84.